The average molecular weight is 413 g/mol. The first-order valence-corrected chi connectivity index (χ1v) is 9.89. The third-order valence-corrected chi connectivity index (χ3v) is 4.66. The van der Waals surface area contributed by atoms with Crippen molar-refractivity contribution in [1.82, 2.24) is 14.5 Å². The minimum absolute atomic E-state index is 0.222. The Morgan fingerprint density at radius 1 is 1.27 bits per heavy atom. The molecule has 0 aliphatic heterocycles. The summed E-state index contributed by atoms with van der Waals surface area (Å²) in [6.07, 6.45) is 5.23. The highest BCUT2D eigenvalue weighted by Gasteiger charge is 2.14. The molecule has 2 heterocycles. The van der Waals surface area contributed by atoms with Crippen LogP contribution in [0, 0.1) is 0 Å². The van der Waals surface area contributed by atoms with Crippen molar-refractivity contribution < 1.29 is 19.4 Å². The van der Waals surface area contributed by atoms with Crippen LogP contribution in [-0.2, 0) is 11.3 Å². The standard InChI is InChI=1S/C21H27N5O4/c1-3-4-5-9-23-20-19-16(24-21(22)25-20)8-10-26(19)12-14-11-15(30-13-18(27)28)6-7-17(14)29-2/h6-8,10-11H,3-5,9,12-13H2,1-2H3,(H,27,28)(H3,22,23,24,25). The van der Waals surface area contributed by atoms with Gasteiger partial charge in [0, 0.05) is 18.3 Å². The van der Waals surface area contributed by atoms with Crippen LogP contribution in [-0.4, -0.2) is 45.9 Å². The molecule has 0 saturated carbocycles. The van der Waals surface area contributed by atoms with E-state index in [1.165, 1.54) is 0 Å². The summed E-state index contributed by atoms with van der Waals surface area (Å²) in [5, 5.41) is 12.2. The molecule has 0 aliphatic carbocycles. The van der Waals surface area contributed by atoms with Gasteiger partial charge in [-0.3, -0.25) is 0 Å². The number of nitrogens with zero attached hydrogens (tertiary/aromatic N) is 3. The second-order valence-corrected chi connectivity index (χ2v) is 6.90. The summed E-state index contributed by atoms with van der Waals surface area (Å²) in [6, 6.07) is 7.11. The Morgan fingerprint density at radius 2 is 2.10 bits per heavy atom. The molecular formula is C21H27N5O4. The summed E-state index contributed by atoms with van der Waals surface area (Å²) < 4.78 is 12.8. The summed E-state index contributed by atoms with van der Waals surface area (Å²) in [6.45, 7) is 3.02. The molecule has 30 heavy (non-hydrogen) atoms. The summed E-state index contributed by atoms with van der Waals surface area (Å²) in [4.78, 5) is 19.5. The summed E-state index contributed by atoms with van der Waals surface area (Å²) in [5.74, 6) is 1.02. The Balaban J connectivity index is 1.91. The number of anilines is 2. The van der Waals surface area contributed by atoms with E-state index in [-0.39, 0.29) is 5.95 Å². The average Bonchev–Trinajstić information content (AvgIpc) is 3.12. The molecule has 2 aromatic heterocycles. The summed E-state index contributed by atoms with van der Waals surface area (Å²) >= 11 is 0. The third-order valence-electron chi connectivity index (χ3n) is 4.66. The van der Waals surface area contributed by atoms with Gasteiger partial charge in [0.2, 0.25) is 5.95 Å². The van der Waals surface area contributed by atoms with E-state index in [2.05, 4.69) is 22.2 Å². The van der Waals surface area contributed by atoms with Crippen molar-refractivity contribution in [2.24, 2.45) is 0 Å². The number of carboxylic acids is 1. The molecule has 0 bridgehead atoms. The van der Waals surface area contributed by atoms with Crippen LogP contribution in [0.5, 0.6) is 11.5 Å². The second-order valence-electron chi connectivity index (χ2n) is 6.90. The smallest absolute Gasteiger partial charge is 0.341 e. The van der Waals surface area contributed by atoms with Gasteiger partial charge < -0.3 is 30.2 Å². The van der Waals surface area contributed by atoms with E-state index in [1.807, 2.05) is 16.8 Å². The van der Waals surface area contributed by atoms with Crippen LogP contribution in [0.4, 0.5) is 11.8 Å². The fourth-order valence-electron chi connectivity index (χ4n) is 3.26. The van der Waals surface area contributed by atoms with Crippen LogP contribution in [0.3, 0.4) is 0 Å². The highest BCUT2D eigenvalue weighted by Crippen LogP contribution is 2.28. The lowest BCUT2D eigenvalue weighted by atomic mass is 10.2. The number of fused-ring (bicyclic) bond motifs is 1. The Labute approximate surface area is 174 Å². The predicted molar refractivity (Wildman–Crippen MR) is 115 cm³/mol. The van der Waals surface area contributed by atoms with Gasteiger partial charge in [0.15, 0.2) is 12.4 Å². The normalized spacial score (nSPS) is 10.9. The number of aromatic nitrogens is 3. The number of rotatable bonds is 11. The van der Waals surface area contributed by atoms with Gasteiger partial charge >= 0.3 is 5.97 Å². The van der Waals surface area contributed by atoms with E-state index < -0.39 is 12.6 Å². The van der Waals surface area contributed by atoms with Crippen LogP contribution in [0.25, 0.3) is 11.0 Å². The van der Waals surface area contributed by atoms with E-state index >= 15 is 0 Å². The SMILES string of the molecule is CCCCCNc1nc(N)nc2ccn(Cc3cc(OCC(=O)O)ccc3OC)c12. The lowest BCUT2D eigenvalue weighted by Gasteiger charge is -2.14. The number of aliphatic carboxylic acids is 1. The molecule has 0 aliphatic rings. The number of unbranched alkanes of at least 4 members (excludes halogenated alkanes) is 2. The van der Waals surface area contributed by atoms with Gasteiger partial charge in [0.1, 0.15) is 17.0 Å². The zero-order valence-corrected chi connectivity index (χ0v) is 17.2. The highest BCUT2D eigenvalue weighted by atomic mass is 16.5. The van der Waals surface area contributed by atoms with Crippen LogP contribution < -0.4 is 20.5 Å². The molecule has 3 rings (SSSR count). The molecule has 0 fully saturated rings. The number of nitrogens with one attached hydrogen (secondary N) is 1. The molecule has 0 spiro atoms. The van der Waals surface area contributed by atoms with Gasteiger partial charge in [0.05, 0.1) is 19.2 Å². The van der Waals surface area contributed by atoms with Crippen molar-refractivity contribution >= 4 is 28.8 Å². The van der Waals surface area contributed by atoms with Crippen LogP contribution in [0.15, 0.2) is 30.5 Å². The number of hydrogen-bond donors (Lipinski definition) is 3. The first-order valence-electron chi connectivity index (χ1n) is 9.89. The fourth-order valence-corrected chi connectivity index (χ4v) is 3.26. The van der Waals surface area contributed by atoms with E-state index in [9.17, 15) is 4.79 Å². The molecule has 0 unspecified atom stereocenters. The molecule has 0 saturated heterocycles. The molecule has 4 N–H and O–H groups in total. The number of hydrogen-bond acceptors (Lipinski definition) is 7. The van der Waals surface area contributed by atoms with E-state index in [4.69, 9.17) is 20.3 Å². The van der Waals surface area contributed by atoms with E-state index in [1.54, 1.807) is 25.3 Å². The number of ether oxygens (including phenoxy) is 2. The lowest BCUT2D eigenvalue weighted by molar-refractivity contribution is -0.139. The van der Waals surface area contributed by atoms with Crippen LogP contribution in [0.1, 0.15) is 31.7 Å². The largest absolute Gasteiger partial charge is 0.496 e. The minimum atomic E-state index is -1.03. The molecule has 9 nitrogen and oxygen atoms in total. The fraction of sp³-hybridized carbons (Fsp3) is 0.381. The Bertz CT molecular complexity index is 1020. The molecule has 0 radical (unpaired) electrons. The molecule has 3 aromatic rings. The number of methoxy groups -OCH3 is 1. The number of carboxylic acid groups (broad SMARTS) is 1. The monoisotopic (exact) mass is 413 g/mol. The van der Waals surface area contributed by atoms with Crippen LogP contribution >= 0.6 is 0 Å². The third kappa shape index (κ3) is 5.11. The van der Waals surface area contributed by atoms with Gasteiger partial charge in [-0.1, -0.05) is 19.8 Å². The number of nitrogen functional groups attached to an aromatic ring is 1. The van der Waals surface area contributed by atoms with Crippen molar-refractivity contribution in [3.8, 4) is 11.5 Å². The Morgan fingerprint density at radius 3 is 2.83 bits per heavy atom. The zero-order valence-electron chi connectivity index (χ0n) is 17.2. The van der Waals surface area contributed by atoms with Gasteiger partial charge in [-0.05, 0) is 30.7 Å². The lowest BCUT2D eigenvalue weighted by Crippen LogP contribution is -2.11. The van der Waals surface area contributed by atoms with Crippen LogP contribution in [0.2, 0.25) is 0 Å². The Hall–Kier alpha value is -3.49. The van der Waals surface area contributed by atoms with E-state index in [0.717, 1.165) is 42.4 Å². The molecule has 0 amide bonds. The molecule has 0 atom stereocenters. The maximum absolute atomic E-state index is 10.8. The van der Waals surface area contributed by atoms with Crippen molar-refractivity contribution in [1.29, 1.82) is 0 Å². The Kier molecular flexibility index (Phi) is 6.95. The second kappa shape index (κ2) is 9.82. The number of benzene rings is 1. The molecule has 9 heteroatoms. The van der Waals surface area contributed by atoms with Crippen molar-refractivity contribution in [3.05, 3.63) is 36.0 Å². The number of nitrogens with two attached hydrogens (primary N) is 1. The first-order chi connectivity index (χ1) is 14.5. The van der Waals surface area contributed by atoms with E-state index in [0.29, 0.717) is 23.9 Å². The predicted octanol–water partition coefficient (Wildman–Crippen LogP) is 3.14. The minimum Gasteiger partial charge on any atom is -0.496 e. The summed E-state index contributed by atoms with van der Waals surface area (Å²) in [7, 11) is 1.59. The molecule has 160 valence electrons. The number of carbonyl (C=O) groups is 1. The highest BCUT2D eigenvalue weighted by molar-refractivity contribution is 5.87. The molecule has 1 aromatic carbocycles. The van der Waals surface area contributed by atoms with Crippen molar-refractivity contribution in [3.63, 3.8) is 0 Å². The topological polar surface area (TPSA) is 125 Å². The van der Waals surface area contributed by atoms with Gasteiger partial charge in [-0.25, -0.2) is 9.78 Å². The first kappa shape index (κ1) is 21.2. The quantitative estimate of drug-likeness (QED) is 0.410. The van der Waals surface area contributed by atoms with Gasteiger partial charge in [-0.2, -0.15) is 4.98 Å². The summed E-state index contributed by atoms with van der Waals surface area (Å²) in [5.41, 5.74) is 8.32. The van der Waals surface area contributed by atoms with Crippen molar-refractivity contribution in [2.75, 3.05) is 31.3 Å². The maximum atomic E-state index is 10.8. The molecular weight excluding hydrogens is 386 g/mol. The van der Waals surface area contributed by atoms with Crippen molar-refractivity contribution in [2.45, 2.75) is 32.7 Å². The zero-order chi connectivity index (χ0) is 21.5. The maximum Gasteiger partial charge on any atom is 0.341 e. The van der Waals surface area contributed by atoms with Gasteiger partial charge in [-0.15, -0.1) is 0 Å². The van der Waals surface area contributed by atoms with Gasteiger partial charge in [0.25, 0.3) is 0 Å².